The highest BCUT2D eigenvalue weighted by Crippen LogP contribution is 2.31. The van der Waals surface area contributed by atoms with Crippen molar-refractivity contribution in [3.8, 4) is 5.88 Å². The molecule has 1 atom stereocenters. The molecule has 0 radical (unpaired) electrons. The van der Waals surface area contributed by atoms with Crippen LogP contribution in [0.3, 0.4) is 0 Å². The molecule has 1 aromatic carbocycles. The molecule has 0 fully saturated rings. The number of benzene rings is 1. The first-order valence-electron chi connectivity index (χ1n) is 5.47. The van der Waals surface area contributed by atoms with Crippen LogP contribution in [0.4, 0.5) is 0 Å². The van der Waals surface area contributed by atoms with Crippen LogP contribution >= 0.6 is 11.6 Å². The maximum absolute atomic E-state index is 11.3. The molecule has 0 saturated heterocycles. The lowest BCUT2D eigenvalue weighted by atomic mass is 10.1. The van der Waals surface area contributed by atoms with Gasteiger partial charge < -0.3 is 14.6 Å². The van der Waals surface area contributed by atoms with E-state index in [9.17, 15) is 9.90 Å². The van der Waals surface area contributed by atoms with Crippen molar-refractivity contribution >= 4 is 28.5 Å². The van der Waals surface area contributed by atoms with Crippen molar-refractivity contribution in [3.05, 3.63) is 34.9 Å². The average Bonchev–Trinajstić information content (AvgIpc) is 2.45. The summed E-state index contributed by atoms with van der Waals surface area (Å²) >= 11 is 6.18. The quantitative estimate of drug-likeness (QED) is 0.873. The number of esters is 1. The molecular weight excluding hydrogens is 270 g/mol. The van der Waals surface area contributed by atoms with E-state index in [1.807, 2.05) is 0 Å². The Morgan fingerprint density at radius 1 is 1.32 bits per heavy atom. The van der Waals surface area contributed by atoms with E-state index in [0.29, 0.717) is 16.8 Å². The molecule has 0 saturated carbocycles. The minimum Gasteiger partial charge on any atom is -0.481 e. The van der Waals surface area contributed by atoms with Gasteiger partial charge in [0.2, 0.25) is 5.88 Å². The third-order valence-corrected chi connectivity index (χ3v) is 3.16. The Balaban J connectivity index is 2.55. The highest BCUT2D eigenvalue weighted by Gasteiger charge is 2.22. The summed E-state index contributed by atoms with van der Waals surface area (Å²) in [5.74, 6) is -0.299. The zero-order valence-electron chi connectivity index (χ0n) is 10.4. The second kappa shape index (κ2) is 5.42. The fourth-order valence-electron chi connectivity index (χ4n) is 1.73. The van der Waals surface area contributed by atoms with Crippen molar-refractivity contribution in [3.63, 3.8) is 0 Å². The molecule has 1 aromatic heterocycles. The van der Waals surface area contributed by atoms with Crippen LogP contribution in [0.15, 0.2) is 24.3 Å². The molecule has 0 bridgehead atoms. The fourth-order valence-corrected chi connectivity index (χ4v) is 2.06. The number of methoxy groups -OCH3 is 2. The number of ether oxygens (including phenoxy) is 2. The van der Waals surface area contributed by atoms with Gasteiger partial charge in [-0.05, 0) is 12.1 Å². The molecule has 0 aliphatic rings. The maximum Gasteiger partial charge on any atom is 0.339 e. The van der Waals surface area contributed by atoms with Gasteiger partial charge in [0.15, 0.2) is 6.10 Å². The molecule has 2 aromatic rings. The van der Waals surface area contributed by atoms with Crippen LogP contribution in [0.5, 0.6) is 5.88 Å². The first-order chi connectivity index (χ1) is 9.08. The Morgan fingerprint density at radius 3 is 2.68 bits per heavy atom. The summed E-state index contributed by atoms with van der Waals surface area (Å²) in [5.41, 5.74) is 0.901. The van der Waals surface area contributed by atoms with E-state index in [4.69, 9.17) is 16.3 Å². The summed E-state index contributed by atoms with van der Waals surface area (Å²) < 4.78 is 9.50. The standard InChI is InChI=1S/C13H12ClNO4/c1-18-10-6-4-7-9(15-10)5-3-8(11(7)14)12(16)13(17)19-2/h3-6,12,16H,1-2H3. The first-order valence-corrected chi connectivity index (χ1v) is 5.85. The highest BCUT2D eigenvalue weighted by atomic mass is 35.5. The normalized spacial score (nSPS) is 12.2. The molecule has 1 heterocycles. The summed E-state index contributed by atoms with van der Waals surface area (Å²) in [5, 5.41) is 10.7. The number of rotatable bonds is 3. The topological polar surface area (TPSA) is 68.7 Å². The van der Waals surface area contributed by atoms with Crippen LogP contribution in [0.1, 0.15) is 11.7 Å². The van der Waals surface area contributed by atoms with E-state index < -0.39 is 12.1 Å². The lowest BCUT2D eigenvalue weighted by Gasteiger charge is -2.12. The molecule has 0 spiro atoms. The van der Waals surface area contributed by atoms with Crippen LogP contribution in [-0.2, 0) is 9.53 Å². The van der Waals surface area contributed by atoms with Crippen LogP contribution < -0.4 is 4.74 Å². The van der Waals surface area contributed by atoms with Gasteiger partial charge in [-0.3, -0.25) is 0 Å². The summed E-state index contributed by atoms with van der Waals surface area (Å²) in [4.78, 5) is 15.5. The molecule has 5 nitrogen and oxygen atoms in total. The fraction of sp³-hybridized carbons (Fsp3) is 0.231. The third kappa shape index (κ3) is 2.47. The van der Waals surface area contributed by atoms with E-state index in [0.717, 1.165) is 0 Å². The second-order valence-electron chi connectivity index (χ2n) is 3.81. The molecule has 1 unspecified atom stereocenters. The van der Waals surface area contributed by atoms with E-state index in [1.165, 1.54) is 14.2 Å². The van der Waals surface area contributed by atoms with Crippen LogP contribution in [0, 0.1) is 0 Å². The van der Waals surface area contributed by atoms with E-state index in [1.54, 1.807) is 24.3 Å². The van der Waals surface area contributed by atoms with Gasteiger partial charge in [0.05, 0.1) is 24.8 Å². The molecule has 6 heteroatoms. The second-order valence-corrected chi connectivity index (χ2v) is 4.19. The molecule has 100 valence electrons. The highest BCUT2D eigenvalue weighted by molar-refractivity contribution is 6.36. The molecule has 0 amide bonds. The van der Waals surface area contributed by atoms with E-state index in [2.05, 4.69) is 9.72 Å². The lowest BCUT2D eigenvalue weighted by molar-refractivity contribution is -0.150. The third-order valence-electron chi connectivity index (χ3n) is 2.74. The van der Waals surface area contributed by atoms with Gasteiger partial charge in [-0.15, -0.1) is 0 Å². The van der Waals surface area contributed by atoms with Gasteiger partial charge in [-0.25, -0.2) is 9.78 Å². The van der Waals surface area contributed by atoms with Gasteiger partial charge in [-0.1, -0.05) is 17.7 Å². The Labute approximate surface area is 114 Å². The van der Waals surface area contributed by atoms with Gasteiger partial charge in [0, 0.05) is 17.0 Å². The number of carbonyl (C=O) groups excluding carboxylic acids is 1. The average molecular weight is 282 g/mol. The Morgan fingerprint density at radius 2 is 2.05 bits per heavy atom. The van der Waals surface area contributed by atoms with Crippen molar-refractivity contribution in [1.82, 2.24) is 4.98 Å². The van der Waals surface area contributed by atoms with Crippen LogP contribution in [-0.4, -0.2) is 30.3 Å². The number of halogens is 1. The van der Waals surface area contributed by atoms with Crippen molar-refractivity contribution in [2.45, 2.75) is 6.10 Å². The van der Waals surface area contributed by atoms with Crippen LogP contribution in [0.2, 0.25) is 5.02 Å². The van der Waals surface area contributed by atoms with E-state index >= 15 is 0 Å². The number of hydrogen-bond acceptors (Lipinski definition) is 5. The van der Waals surface area contributed by atoms with Gasteiger partial charge >= 0.3 is 5.97 Å². The van der Waals surface area contributed by atoms with Gasteiger partial charge in [0.25, 0.3) is 0 Å². The lowest BCUT2D eigenvalue weighted by Crippen LogP contribution is -2.14. The Kier molecular flexibility index (Phi) is 3.87. The van der Waals surface area contributed by atoms with Gasteiger partial charge in [0.1, 0.15) is 0 Å². The number of aromatic nitrogens is 1. The summed E-state index contributed by atoms with van der Waals surface area (Å²) in [6.45, 7) is 0. The van der Waals surface area contributed by atoms with Crippen molar-refractivity contribution in [2.75, 3.05) is 14.2 Å². The van der Waals surface area contributed by atoms with Crippen molar-refractivity contribution in [1.29, 1.82) is 0 Å². The number of pyridine rings is 1. The molecule has 2 rings (SSSR count). The zero-order valence-corrected chi connectivity index (χ0v) is 11.1. The number of fused-ring (bicyclic) bond motifs is 1. The molecule has 0 aliphatic carbocycles. The monoisotopic (exact) mass is 281 g/mol. The minimum absolute atomic E-state index is 0.269. The first kappa shape index (κ1) is 13.6. The summed E-state index contributed by atoms with van der Waals surface area (Å²) in [6.07, 6.45) is -1.41. The van der Waals surface area contributed by atoms with Crippen LogP contribution in [0.25, 0.3) is 10.9 Å². The van der Waals surface area contributed by atoms with Gasteiger partial charge in [-0.2, -0.15) is 0 Å². The smallest absolute Gasteiger partial charge is 0.339 e. The van der Waals surface area contributed by atoms with E-state index in [-0.39, 0.29) is 10.6 Å². The number of aliphatic hydroxyl groups excluding tert-OH is 1. The SMILES string of the molecule is COC(=O)C(O)c1ccc2nc(OC)ccc2c1Cl. The van der Waals surface area contributed by atoms with Crippen molar-refractivity contribution in [2.24, 2.45) is 0 Å². The minimum atomic E-state index is -1.41. The molecular formula is C13H12ClNO4. The largest absolute Gasteiger partial charge is 0.481 e. The number of aliphatic hydroxyl groups is 1. The van der Waals surface area contributed by atoms with Crippen molar-refractivity contribution < 1.29 is 19.4 Å². The summed E-state index contributed by atoms with van der Waals surface area (Å²) in [7, 11) is 2.72. The molecule has 19 heavy (non-hydrogen) atoms. The Bertz CT molecular complexity index is 629. The number of nitrogens with zero attached hydrogens (tertiary/aromatic N) is 1. The number of hydrogen-bond donors (Lipinski definition) is 1. The number of carbonyl (C=O) groups is 1. The predicted molar refractivity (Wildman–Crippen MR) is 70.3 cm³/mol. The Hall–Kier alpha value is -1.85. The molecule has 0 aliphatic heterocycles. The maximum atomic E-state index is 11.3. The summed E-state index contributed by atoms with van der Waals surface area (Å²) in [6, 6.07) is 6.57. The molecule has 1 N–H and O–H groups in total. The predicted octanol–water partition coefficient (Wildman–Crippen LogP) is 2.10. The zero-order chi connectivity index (χ0) is 14.0.